The van der Waals surface area contributed by atoms with E-state index in [-0.39, 0.29) is 12.5 Å². The number of hydrogen-bond donors (Lipinski definition) is 3. The van der Waals surface area contributed by atoms with Gasteiger partial charge in [0.2, 0.25) is 5.95 Å². The summed E-state index contributed by atoms with van der Waals surface area (Å²) < 4.78 is 0. The third-order valence-electron chi connectivity index (χ3n) is 5.51. The average molecular weight is 370 g/mol. The minimum atomic E-state index is -1.21. The number of hydrogen-bond acceptors (Lipinski definition) is 6. The van der Waals surface area contributed by atoms with E-state index in [1.54, 1.807) is 0 Å². The largest absolute Gasteiger partial charge is 0.481 e. The Bertz CT molecular complexity index is 827. The van der Waals surface area contributed by atoms with Gasteiger partial charge in [-0.25, -0.2) is 4.98 Å². The summed E-state index contributed by atoms with van der Waals surface area (Å²) in [7, 11) is 0. The number of aromatic nitrogens is 2. The molecule has 7 nitrogen and oxygen atoms in total. The minimum Gasteiger partial charge on any atom is -0.481 e. The molecule has 3 rings (SSSR count). The number of β-amino-alcohol motifs (C(OH)–C–C–N with tert-alkyl or cyclic N) is 1. The molecule has 0 bridgehead atoms. The standard InChI is InChI=1S/C20H26N4O3/c1-3-15-13(2)22-19(21)23-17(15)24-10-9-20(18(26)27,16(25)12-24)11-14-7-5-4-6-8-14/h4-8,16,25H,3,9-12H2,1-2H3,(H,26,27)(H2,21,22,23)/t16-,20+/m0/s1. The number of piperidine rings is 1. The fourth-order valence-electron chi connectivity index (χ4n) is 3.94. The van der Waals surface area contributed by atoms with Gasteiger partial charge in [0.1, 0.15) is 11.2 Å². The SMILES string of the molecule is CCc1c(C)nc(N)nc1N1CC[C@](Cc2ccccc2)(C(=O)O)[C@@H](O)C1. The Balaban J connectivity index is 1.89. The molecule has 0 radical (unpaired) electrons. The number of nitrogen functional groups attached to an aromatic ring is 1. The van der Waals surface area contributed by atoms with Gasteiger partial charge in [-0.2, -0.15) is 4.98 Å². The highest BCUT2D eigenvalue weighted by molar-refractivity contribution is 5.76. The molecule has 2 aromatic rings. The predicted octanol–water partition coefficient (Wildman–Crippen LogP) is 1.81. The van der Waals surface area contributed by atoms with E-state index in [1.165, 1.54) is 0 Å². The van der Waals surface area contributed by atoms with Crippen LogP contribution in [0.4, 0.5) is 11.8 Å². The summed E-state index contributed by atoms with van der Waals surface area (Å²) in [6.07, 6.45) is 0.335. The summed E-state index contributed by atoms with van der Waals surface area (Å²) in [6, 6.07) is 9.45. The average Bonchev–Trinajstić information content (AvgIpc) is 2.63. The lowest BCUT2D eigenvalue weighted by molar-refractivity contribution is -0.158. The number of aliphatic carboxylic acids is 1. The quantitative estimate of drug-likeness (QED) is 0.736. The lowest BCUT2D eigenvalue weighted by Gasteiger charge is -2.43. The first-order valence-corrected chi connectivity index (χ1v) is 9.20. The second kappa shape index (κ2) is 7.52. The number of rotatable bonds is 5. The van der Waals surface area contributed by atoms with Gasteiger partial charge < -0.3 is 20.8 Å². The van der Waals surface area contributed by atoms with Gasteiger partial charge >= 0.3 is 5.97 Å². The Kier molecular flexibility index (Phi) is 5.32. The second-order valence-electron chi connectivity index (χ2n) is 7.16. The molecule has 1 aliphatic rings. The number of aliphatic hydroxyl groups is 1. The van der Waals surface area contributed by atoms with Crippen molar-refractivity contribution in [2.24, 2.45) is 5.41 Å². The second-order valence-corrected chi connectivity index (χ2v) is 7.16. The van der Waals surface area contributed by atoms with Crippen molar-refractivity contribution in [3.8, 4) is 0 Å². The maximum absolute atomic E-state index is 12.1. The maximum Gasteiger partial charge on any atom is 0.312 e. The number of aliphatic hydroxyl groups excluding tert-OH is 1. The first-order chi connectivity index (χ1) is 12.9. The molecular formula is C20H26N4O3. The summed E-state index contributed by atoms with van der Waals surface area (Å²) >= 11 is 0. The van der Waals surface area contributed by atoms with Crippen LogP contribution < -0.4 is 10.6 Å². The minimum absolute atomic E-state index is 0.188. The molecule has 1 aliphatic heterocycles. The van der Waals surface area contributed by atoms with E-state index in [0.29, 0.717) is 25.2 Å². The molecule has 7 heteroatoms. The molecule has 0 unspecified atom stereocenters. The number of carboxylic acids is 1. The van der Waals surface area contributed by atoms with Crippen LogP contribution in [-0.2, 0) is 17.6 Å². The molecule has 4 N–H and O–H groups in total. The maximum atomic E-state index is 12.1. The van der Waals surface area contributed by atoms with E-state index in [1.807, 2.05) is 49.1 Å². The van der Waals surface area contributed by atoms with Crippen molar-refractivity contribution in [2.75, 3.05) is 23.7 Å². The highest BCUT2D eigenvalue weighted by atomic mass is 16.4. The Labute approximate surface area is 158 Å². The topological polar surface area (TPSA) is 113 Å². The molecule has 0 amide bonds. The summed E-state index contributed by atoms with van der Waals surface area (Å²) in [5.41, 5.74) is 7.31. The van der Waals surface area contributed by atoms with E-state index in [2.05, 4.69) is 9.97 Å². The molecule has 27 heavy (non-hydrogen) atoms. The first kappa shape index (κ1) is 19.1. The number of benzene rings is 1. The Morgan fingerprint density at radius 2 is 2.04 bits per heavy atom. The summed E-state index contributed by atoms with van der Waals surface area (Å²) in [4.78, 5) is 22.7. The van der Waals surface area contributed by atoms with Crippen LogP contribution in [0.5, 0.6) is 0 Å². The fourth-order valence-corrected chi connectivity index (χ4v) is 3.94. The van der Waals surface area contributed by atoms with E-state index in [4.69, 9.17) is 5.73 Å². The smallest absolute Gasteiger partial charge is 0.312 e. The van der Waals surface area contributed by atoms with E-state index < -0.39 is 17.5 Å². The van der Waals surface area contributed by atoms with Crippen molar-refractivity contribution in [2.45, 2.75) is 39.2 Å². The van der Waals surface area contributed by atoms with Crippen LogP contribution >= 0.6 is 0 Å². The van der Waals surface area contributed by atoms with E-state index in [9.17, 15) is 15.0 Å². The molecular weight excluding hydrogens is 344 g/mol. The molecule has 1 aromatic carbocycles. The zero-order valence-corrected chi connectivity index (χ0v) is 15.7. The van der Waals surface area contributed by atoms with Gasteiger partial charge in [-0.3, -0.25) is 4.79 Å². The van der Waals surface area contributed by atoms with Crippen LogP contribution in [0, 0.1) is 12.3 Å². The van der Waals surface area contributed by atoms with E-state index >= 15 is 0 Å². The number of nitrogens with zero attached hydrogens (tertiary/aromatic N) is 3. The summed E-state index contributed by atoms with van der Waals surface area (Å²) in [5.74, 6) is -0.0820. The van der Waals surface area contributed by atoms with Gasteiger partial charge in [0.15, 0.2) is 0 Å². The van der Waals surface area contributed by atoms with Crippen LogP contribution in [0.25, 0.3) is 0 Å². The lowest BCUT2D eigenvalue weighted by Crippen LogP contribution is -2.56. The van der Waals surface area contributed by atoms with E-state index in [0.717, 1.165) is 23.2 Å². The molecule has 1 fully saturated rings. The van der Waals surface area contributed by atoms with Gasteiger partial charge in [0.25, 0.3) is 0 Å². The number of carboxylic acid groups (broad SMARTS) is 1. The third-order valence-corrected chi connectivity index (χ3v) is 5.51. The van der Waals surface area contributed by atoms with Crippen LogP contribution in [0.15, 0.2) is 30.3 Å². The first-order valence-electron chi connectivity index (χ1n) is 9.20. The molecule has 0 aliphatic carbocycles. The van der Waals surface area contributed by atoms with Gasteiger partial charge in [-0.05, 0) is 31.7 Å². The van der Waals surface area contributed by atoms with Crippen molar-refractivity contribution >= 4 is 17.7 Å². The summed E-state index contributed by atoms with van der Waals surface area (Å²) in [6.45, 7) is 4.58. The van der Waals surface area contributed by atoms with Crippen molar-refractivity contribution in [3.05, 3.63) is 47.2 Å². The van der Waals surface area contributed by atoms with Crippen molar-refractivity contribution in [1.29, 1.82) is 0 Å². The number of carbonyl (C=O) groups is 1. The molecule has 2 atom stereocenters. The monoisotopic (exact) mass is 370 g/mol. The predicted molar refractivity (Wildman–Crippen MR) is 104 cm³/mol. The zero-order valence-electron chi connectivity index (χ0n) is 15.7. The third kappa shape index (κ3) is 3.60. The van der Waals surface area contributed by atoms with Gasteiger partial charge in [0, 0.05) is 24.3 Å². The van der Waals surface area contributed by atoms with Crippen LogP contribution in [0.2, 0.25) is 0 Å². The Morgan fingerprint density at radius 1 is 1.33 bits per heavy atom. The van der Waals surface area contributed by atoms with Crippen LogP contribution in [0.1, 0.15) is 30.2 Å². The fraction of sp³-hybridized carbons (Fsp3) is 0.450. The van der Waals surface area contributed by atoms with Gasteiger partial charge in [-0.1, -0.05) is 37.3 Å². The molecule has 144 valence electrons. The number of nitrogens with two attached hydrogens (primary N) is 1. The van der Waals surface area contributed by atoms with Crippen LogP contribution in [-0.4, -0.2) is 45.3 Å². The molecule has 0 saturated carbocycles. The molecule has 0 spiro atoms. The van der Waals surface area contributed by atoms with Crippen molar-refractivity contribution in [1.82, 2.24) is 9.97 Å². The molecule has 1 saturated heterocycles. The van der Waals surface area contributed by atoms with Crippen molar-refractivity contribution in [3.63, 3.8) is 0 Å². The molecule has 2 heterocycles. The lowest BCUT2D eigenvalue weighted by atomic mass is 9.71. The number of aryl methyl sites for hydroxylation is 1. The normalized spacial score (nSPS) is 22.6. The van der Waals surface area contributed by atoms with Crippen LogP contribution in [0.3, 0.4) is 0 Å². The Hall–Kier alpha value is -2.67. The zero-order chi connectivity index (χ0) is 19.6. The highest BCUT2D eigenvalue weighted by Gasteiger charge is 2.49. The summed E-state index contributed by atoms with van der Waals surface area (Å²) in [5, 5.41) is 20.8. The highest BCUT2D eigenvalue weighted by Crippen LogP contribution is 2.38. The molecule has 1 aromatic heterocycles. The van der Waals surface area contributed by atoms with Crippen molar-refractivity contribution < 1.29 is 15.0 Å². The Morgan fingerprint density at radius 3 is 2.63 bits per heavy atom. The van der Waals surface area contributed by atoms with Gasteiger partial charge in [-0.15, -0.1) is 0 Å². The number of anilines is 2. The van der Waals surface area contributed by atoms with Gasteiger partial charge in [0.05, 0.1) is 6.10 Å².